The highest BCUT2D eigenvalue weighted by atomic mass is 32.1. The summed E-state index contributed by atoms with van der Waals surface area (Å²) in [5, 5.41) is 9.12. The van der Waals surface area contributed by atoms with E-state index in [1.54, 1.807) is 11.1 Å². The van der Waals surface area contributed by atoms with E-state index in [2.05, 4.69) is 15.3 Å². The van der Waals surface area contributed by atoms with Gasteiger partial charge in [-0.3, -0.25) is 14.3 Å². The largest absolute Gasteiger partial charge is 0.337 e. The maximum atomic E-state index is 12.6. The fraction of sp³-hybridized carbons (Fsp3) is 0.500. The minimum absolute atomic E-state index is 0.0222. The summed E-state index contributed by atoms with van der Waals surface area (Å²) in [6.45, 7) is 2.84. The van der Waals surface area contributed by atoms with Gasteiger partial charge in [-0.05, 0) is 38.4 Å². The molecule has 1 aliphatic heterocycles. The predicted octanol–water partition coefficient (Wildman–Crippen LogP) is 2.00. The summed E-state index contributed by atoms with van der Waals surface area (Å²) in [5.41, 5.74) is 0.704. The number of amides is 2. The van der Waals surface area contributed by atoms with Crippen LogP contribution in [0.4, 0.5) is 5.69 Å². The standard InChI is InChI=1S/C18H25N5O2S/c1-21(2)8-9-23-13-15(11-19-23)20-17(24)14-5-3-7-22(12-14)18(25)16-6-4-10-26-16/h4,6,10-11,13-14H,3,5,7-9,12H2,1-2H3,(H,20,24). The van der Waals surface area contributed by atoms with Crippen molar-refractivity contribution in [3.8, 4) is 0 Å². The second kappa shape index (κ2) is 8.46. The van der Waals surface area contributed by atoms with E-state index in [0.29, 0.717) is 18.8 Å². The molecule has 26 heavy (non-hydrogen) atoms. The summed E-state index contributed by atoms with van der Waals surface area (Å²) in [7, 11) is 4.02. The molecule has 2 aromatic heterocycles. The van der Waals surface area contributed by atoms with Crippen molar-refractivity contribution in [1.29, 1.82) is 0 Å². The number of hydrogen-bond donors (Lipinski definition) is 1. The van der Waals surface area contributed by atoms with Crippen molar-refractivity contribution >= 4 is 28.8 Å². The Labute approximate surface area is 157 Å². The van der Waals surface area contributed by atoms with Gasteiger partial charge >= 0.3 is 0 Å². The van der Waals surface area contributed by atoms with E-state index in [1.807, 2.05) is 42.5 Å². The molecule has 1 atom stereocenters. The molecule has 0 spiro atoms. The Bertz CT molecular complexity index is 741. The fourth-order valence-corrected chi connectivity index (χ4v) is 3.72. The van der Waals surface area contributed by atoms with Gasteiger partial charge in [0.2, 0.25) is 5.91 Å². The molecule has 0 radical (unpaired) electrons. The van der Waals surface area contributed by atoms with Crippen LogP contribution in [0, 0.1) is 5.92 Å². The monoisotopic (exact) mass is 375 g/mol. The van der Waals surface area contributed by atoms with E-state index in [9.17, 15) is 9.59 Å². The van der Waals surface area contributed by atoms with Crippen LogP contribution in [0.25, 0.3) is 0 Å². The van der Waals surface area contributed by atoms with Gasteiger partial charge in [0.15, 0.2) is 0 Å². The highest BCUT2D eigenvalue weighted by molar-refractivity contribution is 7.12. The van der Waals surface area contributed by atoms with Crippen LogP contribution in [0.1, 0.15) is 22.5 Å². The third-order valence-electron chi connectivity index (χ3n) is 4.49. The maximum Gasteiger partial charge on any atom is 0.263 e. The van der Waals surface area contributed by atoms with E-state index in [0.717, 1.165) is 30.8 Å². The molecule has 2 aromatic rings. The molecule has 1 aliphatic rings. The van der Waals surface area contributed by atoms with Gasteiger partial charge in [0.25, 0.3) is 5.91 Å². The summed E-state index contributed by atoms with van der Waals surface area (Å²) in [6.07, 6.45) is 5.16. The molecule has 1 fully saturated rings. The third kappa shape index (κ3) is 4.70. The maximum absolute atomic E-state index is 12.6. The molecule has 0 aliphatic carbocycles. The normalized spacial score (nSPS) is 17.5. The van der Waals surface area contributed by atoms with Gasteiger partial charge in [0, 0.05) is 25.8 Å². The molecule has 1 unspecified atom stereocenters. The first kappa shape index (κ1) is 18.6. The van der Waals surface area contributed by atoms with Crippen molar-refractivity contribution in [3.05, 3.63) is 34.8 Å². The topological polar surface area (TPSA) is 70.5 Å². The molecular weight excluding hydrogens is 350 g/mol. The lowest BCUT2D eigenvalue weighted by atomic mass is 9.97. The van der Waals surface area contributed by atoms with Gasteiger partial charge in [-0.2, -0.15) is 5.10 Å². The van der Waals surface area contributed by atoms with Crippen molar-refractivity contribution < 1.29 is 9.59 Å². The van der Waals surface area contributed by atoms with E-state index in [4.69, 9.17) is 0 Å². The van der Waals surface area contributed by atoms with Crippen LogP contribution < -0.4 is 5.32 Å². The van der Waals surface area contributed by atoms with Crippen molar-refractivity contribution in [2.45, 2.75) is 19.4 Å². The number of carbonyl (C=O) groups excluding carboxylic acids is 2. The molecule has 7 nitrogen and oxygen atoms in total. The lowest BCUT2D eigenvalue weighted by Gasteiger charge is -2.31. The first-order valence-corrected chi connectivity index (χ1v) is 9.71. The number of likely N-dealkylation sites (tertiary alicyclic amines) is 1. The van der Waals surface area contributed by atoms with Gasteiger partial charge in [-0.15, -0.1) is 11.3 Å². The first-order valence-electron chi connectivity index (χ1n) is 8.84. The van der Waals surface area contributed by atoms with Crippen LogP contribution >= 0.6 is 11.3 Å². The molecule has 1 N–H and O–H groups in total. The Morgan fingerprint density at radius 2 is 2.27 bits per heavy atom. The van der Waals surface area contributed by atoms with Gasteiger partial charge in [0.05, 0.1) is 29.2 Å². The summed E-state index contributed by atoms with van der Waals surface area (Å²) in [6, 6.07) is 3.71. The number of hydrogen-bond acceptors (Lipinski definition) is 5. The number of anilines is 1. The average molecular weight is 375 g/mol. The lowest BCUT2D eigenvalue weighted by molar-refractivity contribution is -0.121. The number of rotatable bonds is 6. The van der Waals surface area contributed by atoms with Gasteiger partial charge in [-0.25, -0.2) is 0 Å². The zero-order chi connectivity index (χ0) is 18.5. The zero-order valence-corrected chi connectivity index (χ0v) is 16.0. The van der Waals surface area contributed by atoms with Crippen LogP contribution in [0.2, 0.25) is 0 Å². The molecule has 8 heteroatoms. The molecular formula is C18H25N5O2S. The highest BCUT2D eigenvalue weighted by Crippen LogP contribution is 2.22. The van der Waals surface area contributed by atoms with Crippen LogP contribution in [-0.4, -0.2) is 65.1 Å². The fourth-order valence-electron chi connectivity index (χ4n) is 3.03. The quantitative estimate of drug-likeness (QED) is 0.838. The van der Waals surface area contributed by atoms with Crippen molar-refractivity contribution in [2.75, 3.05) is 39.0 Å². The third-order valence-corrected chi connectivity index (χ3v) is 5.35. The van der Waals surface area contributed by atoms with Crippen LogP contribution in [0.3, 0.4) is 0 Å². The SMILES string of the molecule is CN(C)CCn1cc(NC(=O)C2CCCN(C(=O)c3cccs3)C2)cn1. The van der Waals surface area contributed by atoms with Gasteiger partial charge < -0.3 is 15.1 Å². The molecule has 3 rings (SSSR count). The smallest absolute Gasteiger partial charge is 0.263 e. The zero-order valence-electron chi connectivity index (χ0n) is 15.2. The summed E-state index contributed by atoms with van der Waals surface area (Å²) in [5.74, 6) is -0.201. The molecule has 0 bridgehead atoms. The number of thiophene rings is 1. The van der Waals surface area contributed by atoms with Crippen molar-refractivity contribution in [3.63, 3.8) is 0 Å². The molecule has 1 saturated heterocycles. The predicted molar refractivity (Wildman–Crippen MR) is 102 cm³/mol. The molecule has 0 saturated carbocycles. The van der Waals surface area contributed by atoms with Crippen LogP contribution in [-0.2, 0) is 11.3 Å². The van der Waals surface area contributed by atoms with Crippen molar-refractivity contribution in [1.82, 2.24) is 19.6 Å². The van der Waals surface area contributed by atoms with Gasteiger partial charge in [0.1, 0.15) is 0 Å². The second-order valence-corrected chi connectivity index (χ2v) is 7.80. The number of aromatic nitrogens is 2. The Kier molecular flexibility index (Phi) is 6.05. The second-order valence-electron chi connectivity index (χ2n) is 6.85. The first-order chi connectivity index (χ1) is 12.5. The molecule has 0 aromatic carbocycles. The Hall–Kier alpha value is -2.19. The summed E-state index contributed by atoms with van der Waals surface area (Å²) in [4.78, 5) is 29.7. The van der Waals surface area contributed by atoms with Crippen LogP contribution in [0.15, 0.2) is 29.9 Å². The van der Waals surface area contributed by atoms with Crippen molar-refractivity contribution in [2.24, 2.45) is 5.92 Å². The molecule has 2 amide bonds. The van der Waals surface area contributed by atoms with Gasteiger partial charge in [-0.1, -0.05) is 6.07 Å². The lowest BCUT2D eigenvalue weighted by Crippen LogP contribution is -2.43. The number of nitrogens with zero attached hydrogens (tertiary/aromatic N) is 4. The molecule has 3 heterocycles. The van der Waals surface area contributed by atoms with E-state index in [1.165, 1.54) is 11.3 Å². The minimum atomic E-state index is -0.183. The number of nitrogens with one attached hydrogen (secondary N) is 1. The highest BCUT2D eigenvalue weighted by Gasteiger charge is 2.29. The summed E-state index contributed by atoms with van der Waals surface area (Å²) >= 11 is 1.44. The average Bonchev–Trinajstić information content (AvgIpc) is 3.31. The number of likely N-dealkylation sites (N-methyl/N-ethyl adjacent to an activating group) is 1. The van der Waals surface area contributed by atoms with E-state index >= 15 is 0 Å². The summed E-state index contributed by atoms with van der Waals surface area (Å²) < 4.78 is 1.82. The number of piperidine rings is 1. The Balaban J connectivity index is 1.55. The minimum Gasteiger partial charge on any atom is -0.337 e. The van der Waals surface area contributed by atoms with E-state index in [-0.39, 0.29) is 17.7 Å². The van der Waals surface area contributed by atoms with Crippen LogP contribution in [0.5, 0.6) is 0 Å². The molecule has 140 valence electrons. The van der Waals surface area contributed by atoms with E-state index < -0.39 is 0 Å². The Morgan fingerprint density at radius 3 is 3.00 bits per heavy atom. The Morgan fingerprint density at radius 1 is 1.42 bits per heavy atom. The number of carbonyl (C=O) groups is 2.